The number of halogens is 2. The van der Waals surface area contributed by atoms with Crippen LogP contribution in [0.4, 0.5) is 0 Å². The van der Waals surface area contributed by atoms with Gasteiger partial charge in [0.25, 0.3) is 5.91 Å². The molecule has 3 heterocycles. The van der Waals surface area contributed by atoms with Crippen LogP contribution in [-0.4, -0.2) is 54.3 Å². The summed E-state index contributed by atoms with van der Waals surface area (Å²) in [6.45, 7) is 0.686. The molecule has 0 fully saturated rings. The molecule has 42 heavy (non-hydrogen) atoms. The molecule has 2 atom stereocenters. The summed E-state index contributed by atoms with van der Waals surface area (Å²) in [5, 5.41) is 4.36. The van der Waals surface area contributed by atoms with Gasteiger partial charge in [0.1, 0.15) is 24.5 Å². The Balaban J connectivity index is 0.000000193. The largest absolute Gasteiger partial charge is 0.489 e. The van der Waals surface area contributed by atoms with E-state index in [0.717, 1.165) is 11.1 Å². The third-order valence-electron chi connectivity index (χ3n) is 6.25. The number of hydrogen-bond acceptors (Lipinski definition) is 8. The normalized spacial score (nSPS) is 14.6. The molecule has 0 bridgehead atoms. The molecule has 0 aliphatic carbocycles. The Bertz CT molecular complexity index is 1490. The van der Waals surface area contributed by atoms with Crippen LogP contribution in [0, 0.1) is 0 Å². The van der Waals surface area contributed by atoms with Crippen molar-refractivity contribution in [1.29, 1.82) is 0 Å². The van der Waals surface area contributed by atoms with Gasteiger partial charge in [0, 0.05) is 28.5 Å². The summed E-state index contributed by atoms with van der Waals surface area (Å²) in [5.74, 6) is 0.298. The Morgan fingerprint density at radius 1 is 1.00 bits per heavy atom. The molecule has 11 heteroatoms. The molecule has 9 nitrogen and oxygen atoms in total. The lowest BCUT2D eigenvalue weighted by Crippen LogP contribution is -2.38. The van der Waals surface area contributed by atoms with Crippen LogP contribution in [0.1, 0.15) is 31.8 Å². The summed E-state index contributed by atoms with van der Waals surface area (Å²) < 4.78 is 16.0. The smallest absolute Gasteiger partial charge is 0.341 e. The fourth-order valence-electron chi connectivity index (χ4n) is 4.15. The Hall–Kier alpha value is -4.18. The topological polar surface area (TPSA) is 126 Å². The molecule has 1 aliphatic heterocycles. The van der Waals surface area contributed by atoms with E-state index in [9.17, 15) is 9.59 Å². The van der Waals surface area contributed by atoms with Crippen LogP contribution in [0.2, 0.25) is 10.0 Å². The molecule has 4 aromatic rings. The van der Waals surface area contributed by atoms with Gasteiger partial charge < -0.3 is 25.3 Å². The zero-order valence-electron chi connectivity index (χ0n) is 22.8. The fourth-order valence-corrected chi connectivity index (χ4v) is 4.40. The summed E-state index contributed by atoms with van der Waals surface area (Å²) in [7, 11) is 1.32. The summed E-state index contributed by atoms with van der Waals surface area (Å²) in [6, 6.07) is 18.0. The predicted molar refractivity (Wildman–Crippen MR) is 160 cm³/mol. The van der Waals surface area contributed by atoms with Crippen LogP contribution in [0.3, 0.4) is 0 Å². The number of aromatic nitrogens is 2. The van der Waals surface area contributed by atoms with Gasteiger partial charge in [0.15, 0.2) is 5.75 Å². The summed E-state index contributed by atoms with van der Waals surface area (Å²) >= 11 is 11.7. The van der Waals surface area contributed by atoms with Gasteiger partial charge in [0.05, 0.1) is 31.1 Å². The first-order valence-corrected chi connectivity index (χ1v) is 13.8. The van der Waals surface area contributed by atoms with Crippen molar-refractivity contribution >= 4 is 35.1 Å². The van der Waals surface area contributed by atoms with Gasteiger partial charge in [-0.15, -0.1) is 0 Å². The number of hydrogen-bond donors (Lipinski definition) is 2. The van der Waals surface area contributed by atoms with Crippen molar-refractivity contribution in [3.8, 4) is 11.5 Å². The fraction of sp³-hybridized carbons (Fsp3) is 0.226. The minimum Gasteiger partial charge on any atom is -0.489 e. The van der Waals surface area contributed by atoms with Crippen molar-refractivity contribution in [2.24, 2.45) is 5.73 Å². The van der Waals surface area contributed by atoms with Gasteiger partial charge in [-0.1, -0.05) is 47.5 Å². The molecular weight excluding hydrogens is 579 g/mol. The lowest BCUT2D eigenvalue weighted by molar-refractivity contribution is 0.0595. The van der Waals surface area contributed by atoms with Crippen LogP contribution < -0.4 is 20.5 Å². The van der Waals surface area contributed by atoms with E-state index in [1.807, 2.05) is 48.5 Å². The highest BCUT2D eigenvalue weighted by atomic mass is 35.5. The number of nitrogens with one attached hydrogen (secondary N) is 1. The molecule has 2 aromatic heterocycles. The monoisotopic (exact) mass is 608 g/mol. The molecule has 0 spiro atoms. The van der Waals surface area contributed by atoms with Gasteiger partial charge in [-0.25, -0.2) is 4.79 Å². The van der Waals surface area contributed by atoms with E-state index in [2.05, 4.69) is 15.3 Å². The van der Waals surface area contributed by atoms with Crippen LogP contribution in [0.15, 0.2) is 85.5 Å². The lowest BCUT2D eigenvalue weighted by Gasteiger charge is -2.15. The lowest BCUT2D eigenvalue weighted by atomic mass is 10.1. The third-order valence-corrected chi connectivity index (χ3v) is 6.76. The van der Waals surface area contributed by atoms with Gasteiger partial charge in [-0.3, -0.25) is 14.8 Å². The van der Waals surface area contributed by atoms with Crippen LogP contribution >= 0.6 is 23.2 Å². The van der Waals surface area contributed by atoms with Crippen LogP contribution in [0.25, 0.3) is 0 Å². The maximum atomic E-state index is 12.1. The van der Waals surface area contributed by atoms with Gasteiger partial charge in [-0.2, -0.15) is 0 Å². The standard InChI is InChI=1S/C16H17ClN2O3.C15H13ClN2O2/c1-21-16(20)14-6-7-19-9-15(14)22-10-13(18)8-11-2-4-12(17)5-3-11;16-11-3-1-10(2-4-11)7-12-9-20-14-8-17-6-5-13(14)15(19)18-12/h2-7,9,13H,8,10,18H2,1H3;1-6,8,12H,7,9H2,(H,18,19)/t;12-/m.0/s1. The minimum atomic E-state index is -0.469. The molecule has 5 rings (SSSR count). The van der Waals surface area contributed by atoms with Crippen molar-refractivity contribution in [3.05, 3.63) is 118 Å². The number of amides is 1. The number of nitrogens with zero attached hydrogens (tertiary/aromatic N) is 2. The van der Waals surface area contributed by atoms with Crippen LogP contribution in [0.5, 0.6) is 11.5 Å². The number of carbonyl (C=O) groups is 2. The quantitative estimate of drug-likeness (QED) is 0.269. The van der Waals surface area contributed by atoms with E-state index in [1.54, 1.807) is 24.5 Å². The number of fused-ring (bicyclic) bond motifs is 1. The second-order valence-electron chi connectivity index (χ2n) is 9.45. The minimum absolute atomic E-state index is 0.0731. The summed E-state index contributed by atoms with van der Waals surface area (Å²) in [5.41, 5.74) is 9.09. The summed E-state index contributed by atoms with van der Waals surface area (Å²) in [4.78, 5) is 31.7. The molecule has 0 saturated carbocycles. The van der Waals surface area contributed by atoms with Gasteiger partial charge in [-0.05, 0) is 60.4 Å². The Morgan fingerprint density at radius 3 is 2.33 bits per heavy atom. The van der Waals surface area contributed by atoms with Crippen molar-refractivity contribution in [2.45, 2.75) is 24.9 Å². The van der Waals surface area contributed by atoms with Crippen molar-refractivity contribution in [1.82, 2.24) is 15.3 Å². The first-order chi connectivity index (χ1) is 20.3. The van der Waals surface area contributed by atoms with Crippen LogP contribution in [-0.2, 0) is 17.6 Å². The van der Waals surface area contributed by atoms with Gasteiger partial charge in [0.2, 0.25) is 0 Å². The number of ether oxygens (including phenoxy) is 3. The third kappa shape index (κ3) is 8.91. The average Bonchev–Trinajstić information content (AvgIpc) is 3.16. The number of pyridine rings is 2. The number of methoxy groups -OCH3 is 1. The van der Waals surface area contributed by atoms with Crippen molar-refractivity contribution < 1.29 is 23.8 Å². The molecule has 0 radical (unpaired) electrons. The summed E-state index contributed by atoms with van der Waals surface area (Å²) in [6.07, 6.45) is 7.48. The Labute approximate surface area is 253 Å². The maximum absolute atomic E-state index is 12.1. The predicted octanol–water partition coefficient (Wildman–Crippen LogP) is 4.94. The van der Waals surface area contributed by atoms with E-state index in [-0.39, 0.29) is 24.6 Å². The first-order valence-electron chi connectivity index (χ1n) is 13.1. The molecule has 218 valence electrons. The average molecular weight is 610 g/mol. The number of rotatable bonds is 8. The number of carbonyl (C=O) groups excluding carboxylic acids is 2. The molecule has 3 N–H and O–H groups in total. The number of nitrogens with two attached hydrogens (primary N) is 1. The van der Waals surface area contributed by atoms with E-state index in [1.165, 1.54) is 19.5 Å². The highest BCUT2D eigenvalue weighted by Gasteiger charge is 2.23. The zero-order valence-corrected chi connectivity index (χ0v) is 24.3. The molecule has 1 amide bonds. The van der Waals surface area contributed by atoms with Gasteiger partial charge >= 0.3 is 5.97 Å². The van der Waals surface area contributed by atoms with E-state index >= 15 is 0 Å². The zero-order chi connectivity index (χ0) is 29.9. The van der Waals surface area contributed by atoms with Crippen molar-refractivity contribution in [3.63, 3.8) is 0 Å². The SMILES string of the molecule is COC(=O)c1ccncc1OCC(N)Cc1ccc(Cl)cc1.O=C1N[C@@H](Cc2ccc(Cl)cc2)COc2cnccc21. The number of benzene rings is 2. The molecule has 1 unspecified atom stereocenters. The number of esters is 1. The van der Waals surface area contributed by atoms with E-state index < -0.39 is 5.97 Å². The van der Waals surface area contributed by atoms with E-state index in [0.29, 0.717) is 52.1 Å². The highest BCUT2D eigenvalue weighted by Crippen LogP contribution is 2.21. The molecule has 0 saturated heterocycles. The first kappa shape index (κ1) is 30.8. The Morgan fingerprint density at radius 2 is 1.64 bits per heavy atom. The molecule has 1 aliphatic rings. The maximum Gasteiger partial charge on any atom is 0.341 e. The van der Waals surface area contributed by atoms with Crippen molar-refractivity contribution in [2.75, 3.05) is 20.3 Å². The van der Waals surface area contributed by atoms with E-state index in [4.69, 9.17) is 43.1 Å². The highest BCUT2D eigenvalue weighted by molar-refractivity contribution is 6.30. The second-order valence-corrected chi connectivity index (χ2v) is 10.3. The Kier molecular flexibility index (Phi) is 11.1. The molecule has 2 aromatic carbocycles. The second kappa shape index (κ2) is 15.2. The molecular formula is C31H30Cl2N4O5.